The molecule has 1 aliphatic rings. The van der Waals surface area contributed by atoms with Crippen molar-refractivity contribution >= 4 is 17.9 Å². The van der Waals surface area contributed by atoms with Gasteiger partial charge in [-0.2, -0.15) is 0 Å². The summed E-state index contributed by atoms with van der Waals surface area (Å²) in [7, 11) is 0. The van der Waals surface area contributed by atoms with Gasteiger partial charge in [0.2, 0.25) is 5.95 Å². The first kappa shape index (κ1) is 15.0. The maximum atomic E-state index is 11.8. The second-order valence-electron chi connectivity index (χ2n) is 4.56. The maximum Gasteiger partial charge on any atom is 0.334 e. The van der Waals surface area contributed by atoms with Crippen molar-refractivity contribution in [2.24, 2.45) is 0 Å². The van der Waals surface area contributed by atoms with Crippen LogP contribution in [0.25, 0.3) is 0 Å². The largest absolute Gasteiger partial charge is 0.479 e. The summed E-state index contributed by atoms with van der Waals surface area (Å²) in [5.74, 6) is -0.736. The fourth-order valence-corrected chi connectivity index (χ4v) is 1.95. The van der Waals surface area contributed by atoms with Gasteiger partial charge < -0.3 is 25.3 Å². The first-order valence-corrected chi connectivity index (χ1v) is 6.53. The van der Waals surface area contributed by atoms with E-state index in [9.17, 15) is 9.59 Å². The van der Waals surface area contributed by atoms with Gasteiger partial charge in [-0.15, -0.1) is 0 Å². The second kappa shape index (κ2) is 6.84. The monoisotopic (exact) mass is 295 g/mol. The highest BCUT2D eigenvalue weighted by molar-refractivity contribution is 5.77. The molecular formula is C12H17N5O4. The van der Waals surface area contributed by atoms with Crippen molar-refractivity contribution in [3.63, 3.8) is 0 Å². The van der Waals surface area contributed by atoms with Crippen LogP contribution in [-0.4, -0.2) is 75.9 Å². The molecule has 1 aromatic rings. The minimum absolute atomic E-state index is 0.309. The van der Waals surface area contributed by atoms with Gasteiger partial charge in [0.1, 0.15) is 0 Å². The van der Waals surface area contributed by atoms with Crippen molar-refractivity contribution in [2.45, 2.75) is 6.10 Å². The Morgan fingerprint density at radius 3 is 2.43 bits per heavy atom. The quantitative estimate of drug-likeness (QED) is 0.635. The molecule has 0 spiro atoms. The zero-order chi connectivity index (χ0) is 15.2. The number of piperazine rings is 1. The molecular weight excluding hydrogens is 278 g/mol. The van der Waals surface area contributed by atoms with E-state index in [0.29, 0.717) is 32.1 Å². The Kier molecular flexibility index (Phi) is 4.88. The highest BCUT2D eigenvalue weighted by atomic mass is 16.4. The third-order valence-corrected chi connectivity index (χ3v) is 3.13. The third kappa shape index (κ3) is 4.02. The molecule has 1 aliphatic heterocycles. The Bertz CT molecular complexity index is 490. The summed E-state index contributed by atoms with van der Waals surface area (Å²) in [6.07, 6.45) is 1.73. The molecule has 0 bridgehead atoms. The molecule has 2 heterocycles. The molecule has 1 aromatic heterocycles. The second-order valence-corrected chi connectivity index (χ2v) is 4.56. The number of anilines is 1. The van der Waals surface area contributed by atoms with Gasteiger partial charge in [-0.3, -0.25) is 0 Å². The van der Waals surface area contributed by atoms with Crippen molar-refractivity contribution in [2.75, 3.05) is 37.6 Å². The van der Waals surface area contributed by atoms with Gasteiger partial charge in [0.25, 0.3) is 0 Å². The van der Waals surface area contributed by atoms with Crippen LogP contribution in [0.2, 0.25) is 0 Å². The molecule has 1 saturated heterocycles. The van der Waals surface area contributed by atoms with Crippen LogP contribution in [0, 0.1) is 0 Å². The SMILES string of the molecule is O=C(O)C(O)CNC(=O)N1CCN(c2ncccn2)CC1. The van der Waals surface area contributed by atoms with Crippen LogP contribution >= 0.6 is 0 Å². The Morgan fingerprint density at radius 1 is 1.24 bits per heavy atom. The highest BCUT2D eigenvalue weighted by Crippen LogP contribution is 2.09. The summed E-state index contributed by atoms with van der Waals surface area (Å²) in [6.45, 7) is 1.84. The zero-order valence-electron chi connectivity index (χ0n) is 11.3. The van der Waals surface area contributed by atoms with Crippen LogP contribution in [0.1, 0.15) is 0 Å². The lowest BCUT2D eigenvalue weighted by Gasteiger charge is -2.34. The molecule has 0 saturated carbocycles. The van der Waals surface area contributed by atoms with Crippen molar-refractivity contribution < 1.29 is 19.8 Å². The van der Waals surface area contributed by atoms with Gasteiger partial charge in [-0.05, 0) is 6.07 Å². The maximum absolute atomic E-state index is 11.8. The van der Waals surface area contributed by atoms with E-state index in [2.05, 4.69) is 15.3 Å². The molecule has 114 valence electrons. The minimum Gasteiger partial charge on any atom is -0.479 e. The van der Waals surface area contributed by atoms with Crippen molar-refractivity contribution in [3.05, 3.63) is 18.5 Å². The molecule has 1 fully saturated rings. The standard InChI is InChI=1S/C12H17N5O4/c18-9(10(19)20)8-15-12(21)17-6-4-16(5-7-17)11-13-2-1-3-14-11/h1-3,9,18H,4-8H2,(H,15,21)(H,19,20). The van der Waals surface area contributed by atoms with E-state index < -0.39 is 12.1 Å². The smallest absolute Gasteiger partial charge is 0.334 e. The number of hydrogen-bond donors (Lipinski definition) is 3. The number of carboxylic acid groups (broad SMARTS) is 1. The number of urea groups is 1. The molecule has 0 aliphatic carbocycles. The number of carbonyl (C=O) groups is 2. The average molecular weight is 295 g/mol. The number of aliphatic hydroxyl groups excluding tert-OH is 1. The Labute approximate surface area is 121 Å². The number of nitrogens with one attached hydrogen (secondary N) is 1. The van der Waals surface area contributed by atoms with Crippen LogP contribution in [0.3, 0.4) is 0 Å². The Morgan fingerprint density at radius 2 is 1.86 bits per heavy atom. The molecule has 2 amide bonds. The van der Waals surface area contributed by atoms with E-state index in [4.69, 9.17) is 10.2 Å². The predicted octanol–water partition coefficient (Wildman–Crippen LogP) is -1.25. The molecule has 21 heavy (non-hydrogen) atoms. The van der Waals surface area contributed by atoms with Gasteiger partial charge >= 0.3 is 12.0 Å². The Balaban J connectivity index is 1.78. The number of aromatic nitrogens is 2. The number of carbonyl (C=O) groups excluding carboxylic acids is 1. The minimum atomic E-state index is -1.59. The fraction of sp³-hybridized carbons (Fsp3) is 0.500. The lowest BCUT2D eigenvalue weighted by Crippen LogP contribution is -2.53. The molecule has 0 radical (unpaired) electrons. The first-order valence-electron chi connectivity index (χ1n) is 6.53. The van der Waals surface area contributed by atoms with Gasteiger partial charge in [0, 0.05) is 38.6 Å². The van der Waals surface area contributed by atoms with Crippen LogP contribution in [-0.2, 0) is 4.79 Å². The van der Waals surface area contributed by atoms with Crippen molar-refractivity contribution in [1.29, 1.82) is 0 Å². The molecule has 2 rings (SSSR count). The number of amides is 2. The average Bonchev–Trinajstić information content (AvgIpc) is 2.53. The predicted molar refractivity (Wildman–Crippen MR) is 72.9 cm³/mol. The van der Waals surface area contributed by atoms with E-state index in [-0.39, 0.29) is 12.6 Å². The van der Waals surface area contributed by atoms with Gasteiger partial charge in [0.15, 0.2) is 6.10 Å². The van der Waals surface area contributed by atoms with Crippen LogP contribution < -0.4 is 10.2 Å². The van der Waals surface area contributed by atoms with Gasteiger partial charge in [0.05, 0.1) is 6.54 Å². The molecule has 1 unspecified atom stereocenters. The molecule has 0 aromatic carbocycles. The molecule has 1 atom stereocenters. The summed E-state index contributed by atoms with van der Waals surface area (Å²) >= 11 is 0. The van der Waals surface area contributed by atoms with Crippen molar-refractivity contribution in [1.82, 2.24) is 20.2 Å². The number of aliphatic hydroxyl groups is 1. The van der Waals surface area contributed by atoms with E-state index >= 15 is 0 Å². The summed E-state index contributed by atoms with van der Waals surface area (Å²) in [5, 5.41) is 20.0. The van der Waals surface area contributed by atoms with Crippen LogP contribution in [0.15, 0.2) is 18.5 Å². The lowest BCUT2D eigenvalue weighted by molar-refractivity contribution is -0.146. The summed E-state index contributed by atoms with van der Waals surface area (Å²) in [4.78, 5) is 34.1. The third-order valence-electron chi connectivity index (χ3n) is 3.13. The van der Waals surface area contributed by atoms with E-state index in [0.717, 1.165) is 0 Å². The van der Waals surface area contributed by atoms with Crippen LogP contribution in [0.5, 0.6) is 0 Å². The number of carboxylic acids is 1. The molecule has 9 heteroatoms. The van der Waals surface area contributed by atoms with E-state index in [1.54, 1.807) is 23.4 Å². The molecule has 9 nitrogen and oxygen atoms in total. The zero-order valence-corrected chi connectivity index (χ0v) is 11.3. The first-order chi connectivity index (χ1) is 10.1. The van der Waals surface area contributed by atoms with E-state index in [1.807, 2.05) is 4.90 Å². The van der Waals surface area contributed by atoms with Gasteiger partial charge in [-0.1, -0.05) is 0 Å². The highest BCUT2D eigenvalue weighted by Gasteiger charge is 2.23. The fourth-order valence-electron chi connectivity index (χ4n) is 1.95. The normalized spacial score (nSPS) is 16.4. The number of aliphatic carboxylic acids is 1. The van der Waals surface area contributed by atoms with Gasteiger partial charge in [-0.25, -0.2) is 19.6 Å². The Hall–Kier alpha value is -2.42. The van der Waals surface area contributed by atoms with Crippen LogP contribution in [0.4, 0.5) is 10.7 Å². The van der Waals surface area contributed by atoms with E-state index in [1.165, 1.54) is 0 Å². The summed E-state index contributed by atoms with van der Waals surface area (Å²) in [6, 6.07) is 1.35. The number of nitrogens with zero attached hydrogens (tertiary/aromatic N) is 4. The number of rotatable bonds is 4. The topological polar surface area (TPSA) is 119 Å². The van der Waals surface area contributed by atoms with Crippen molar-refractivity contribution in [3.8, 4) is 0 Å². The lowest BCUT2D eigenvalue weighted by atomic mass is 10.3. The summed E-state index contributed by atoms with van der Waals surface area (Å²) < 4.78 is 0. The molecule has 3 N–H and O–H groups in total. The number of hydrogen-bond acceptors (Lipinski definition) is 6. The summed E-state index contributed by atoms with van der Waals surface area (Å²) in [5.41, 5.74) is 0.